The Hall–Kier alpha value is -2.57. The van der Waals surface area contributed by atoms with Crippen LogP contribution in [0.15, 0.2) is 102 Å². The van der Waals surface area contributed by atoms with Gasteiger partial charge in [-0.05, 0) is 43.3 Å². The van der Waals surface area contributed by atoms with Crippen molar-refractivity contribution in [1.29, 1.82) is 0 Å². The van der Waals surface area contributed by atoms with E-state index in [-0.39, 0.29) is 0 Å². The molecule has 0 N–H and O–H groups in total. The highest BCUT2D eigenvalue weighted by Gasteiger charge is 2.59. The van der Waals surface area contributed by atoms with Gasteiger partial charge in [-0.3, -0.25) is 0 Å². The van der Waals surface area contributed by atoms with Gasteiger partial charge in [-0.2, -0.15) is 0 Å². The third-order valence-electron chi connectivity index (χ3n) is 4.73. The normalized spacial score (nSPS) is 16.0. The molecule has 1 aliphatic rings. The van der Waals surface area contributed by atoms with Gasteiger partial charge in [0.25, 0.3) is 0 Å². The average molecular weight is 346 g/mol. The molecule has 0 atom stereocenters. The highest BCUT2D eigenvalue weighted by atomic mass is 31.2. The Morgan fingerprint density at radius 1 is 0.640 bits per heavy atom. The van der Waals surface area contributed by atoms with E-state index in [4.69, 9.17) is 4.84 Å². The van der Waals surface area contributed by atoms with Crippen molar-refractivity contribution in [3.05, 3.63) is 102 Å². The quantitative estimate of drug-likeness (QED) is 0.599. The van der Waals surface area contributed by atoms with Crippen molar-refractivity contribution in [3.63, 3.8) is 0 Å². The first kappa shape index (κ1) is 15.9. The van der Waals surface area contributed by atoms with Crippen molar-refractivity contribution in [2.24, 2.45) is 0 Å². The van der Waals surface area contributed by atoms with E-state index in [1.165, 1.54) is 15.9 Å². The largest absolute Gasteiger partial charge is 0.347 e. The summed E-state index contributed by atoms with van der Waals surface area (Å²) in [5.41, 5.74) is 1.08. The number of rotatable bonds is 3. The monoisotopic (exact) mass is 346 g/mol. The van der Waals surface area contributed by atoms with Gasteiger partial charge in [-0.1, -0.05) is 59.4 Å². The Morgan fingerprint density at radius 2 is 1.08 bits per heavy atom. The zero-order valence-electron chi connectivity index (χ0n) is 14.5. The van der Waals surface area contributed by atoms with Crippen LogP contribution in [0.1, 0.15) is 13.8 Å². The highest BCUT2D eigenvalue weighted by Crippen LogP contribution is 2.71. The number of anilines is 1. The molecule has 0 spiro atoms. The fourth-order valence-electron chi connectivity index (χ4n) is 3.44. The molecule has 1 aliphatic heterocycles. The van der Waals surface area contributed by atoms with E-state index in [1.54, 1.807) is 0 Å². The Labute approximate surface area is 149 Å². The van der Waals surface area contributed by atoms with Crippen molar-refractivity contribution in [1.82, 2.24) is 0 Å². The Morgan fingerprint density at radius 3 is 1.56 bits per heavy atom. The van der Waals surface area contributed by atoms with Crippen molar-refractivity contribution < 1.29 is 4.84 Å². The van der Waals surface area contributed by atoms with Crippen LogP contribution in [0, 0.1) is 0 Å². The van der Waals surface area contributed by atoms with Crippen molar-refractivity contribution in [2.75, 3.05) is 4.83 Å². The van der Waals surface area contributed by atoms with Crippen molar-refractivity contribution >= 4 is 23.7 Å². The van der Waals surface area contributed by atoms with E-state index in [9.17, 15) is 0 Å². The van der Waals surface area contributed by atoms with Crippen LogP contribution in [0.4, 0.5) is 5.69 Å². The summed E-state index contributed by atoms with van der Waals surface area (Å²) in [5, 5.41) is 3.92. The zero-order valence-corrected chi connectivity index (χ0v) is 15.4. The predicted octanol–water partition coefficient (Wildman–Crippen LogP) is 5.27. The third kappa shape index (κ3) is 2.45. The van der Waals surface area contributed by atoms with Gasteiger partial charge in [0.1, 0.15) is 21.6 Å². The molecule has 4 rings (SSSR count). The first-order valence-electron chi connectivity index (χ1n) is 8.46. The second-order valence-corrected chi connectivity index (χ2v) is 9.49. The van der Waals surface area contributed by atoms with Gasteiger partial charge < -0.3 is 4.84 Å². The second-order valence-electron chi connectivity index (χ2n) is 6.15. The lowest BCUT2D eigenvalue weighted by molar-refractivity contribution is 0.246. The van der Waals surface area contributed by atoms with Gasteiger partial charge in [0, 0.05) is 6.92 Å². The molecule has 0 aliphatic carbocycles. The molecule has 3 aromatic carbocycles. The summed E-state index contributed by atoms with van der Waals surface area (Å²) in [7, 11) is -2.04. The minimum Gasteiger partial charge on any atom is -0.347 e. The first-order valence-corrected chi connectivity index (χ1v) is 10.2. The van der Waals surface area contributed by atoms with Crippen LogP contribution in [0.3, 0.4) is 0 Å². The zero-order chi connectivity index (χ0) is 17.3. The molecule has 0 amide bonds. The summed E-state index contributed by atoms with van der Waals surface area (Å²) in [5.74, 6) is 0.991. The van der Waals surface area contributed by atoms with Crippen molar-refractivity contribution in [2.45, 2.75) is 13.8 Å². The molecule has 0 aromatic heterocycles. The van der Waals surface area contributed by atoms with Gasteiger partial charge in [0.2, 0.25) is 7.41 Å². The fraction of sp³-hybridized carbons (Fsp3) is 0.0909. The van der Waals surface area contributed by atoms with Crippen LogP contribution in [0.25, 0.3) is 0 Å². The SMILES string of the molecule is CC1=C(C)[P+](c2ccccc2)(c2ccccc2)N(c2ccccc2)O1. The highest BCUT2D eigenvalue weighted by molar-refractivity contribution is 7.94. The maximum absolute atomic E-state index is 6.35. The lowest BCUT2D eigenvalue weighted by Gasteiger charge is -2.30. The van der Waals surface area contributed by atoms with Crippen molar-refractivity contribution in [3.8, 4) is 0 Å². The molecule has 0 saturated heterocycles. The molecular formula is C22H21NOP+. The van der Waals surface area contributed by atoms with Crippen LogP contribution in [-0.4, -0.2) is 0 Å². The summed E-state index contributed by atoms with van der Waals surface area (Å²) in [4.78, 5) is 8.50. The molecule has 25 heavy (non-hydrogen) atoms. The summed E-state index contributed by atoms with van der Waals surface area (Å²) in [6.45, 7) is 4.28. The maximum atomic E-state index is 6.35. The van der Waals surface area contributed by atoms with E-state index in [0.717, 1.165) is 11.4 Å². The molecule has 2 nitrogen and oxygen atoms in total. The summed E-state index contributed by atoms with van der Waals surface area (Å²) < 4.78 is 0. The summed E-state index contributed by atoms with van der Waals surface area (Å²) in [6, 6.07) is 31.9. The number of allylic oxidation sites excluding steroid dienone is 2. The molecule has 0 radical (unpaired) electrons. The summed E-state index contributed by atoms with van der Waals surface area (Å²) >= 11 is 0. The van der Waals surface area contributed by atoms with Gasteiger partial charge >= 0.3 is 0 Å². The van der Waals surface area contributed by atoms with Crippen LogP contribution < -0.4 is 15.4 Å². The topological polar surface area (TPSA) is 12.5 Å². The lowest BCUT2D eigenvalue weighted by Crippen LogP contribution is -2.34. The van der Waals surface area contributed by atoms with Gasteiger partial charge in [-0.15, -0.1) is 0 Å². The number of hydrogen-bond donors (Lipinski definition) is 0. The molecule has 0 saturated carbocycles. The van der Waals surface area contributed by atoms with Gasteiger partial charge in [-0.25, -0.2) is 0 Å². The van der Waals surface area contributed by atoms with Gasteiger partial charge in [0.05, 0.1) is 0 Å². The molecule has 1 heterocycles. The average Bonchev–Trinajstić information content (AvgIpc) is 2.96. The minimum atomic E-state index is -2.04. The smallest absolute Gasteiger partial charge is 0.243 e. The van der Waals surface area contributed by atoms with E-state index in [2.05, 4.69) is 104 Å². The summed E-state index contributed by atoms with van der Waals surface area (Å²) in [6.07, 6.45) is 0. The second kappa shape index (κ2) is 6.38. The van der Waals surface area contributed by atoms with E-state index >= 15 is 0 Å². The number of benzene rings is 3. The lowest BCUT2D eigenvalue weighted by atomic mass is 10.3. The van der Waals surface area contributed by atoms with Crippen LogP contribution in [0.5, 0.6) is 0 Å². The molecular weight excluding hydrogens is 325 g/mol. The fourth-order valence-corrected chi connectivity index (χ4v) is 7.63. The molecule has 3 heteroatoms. The molecule has 0 unspecified atom stereocenters. The minimum absolute atomic E-state index is 0.991. The van der Waals surface area contributed by atoms with Gasteiger partial charge in [0.15, 0.2) is 5.76 Å². The number of nitrogens with zero attached hydrogens (tertiary/aromatic N) is 1. The Kier molecular flexibility index (Phi) is 4.07. The maximum Gasteiger partial charge on any atom is 0.243 e. The first-order chi connectivity index (χ1) is 12.2. The Balaban J connectivity index is 2.03. The molecule has 0 bridgehead atoms. The molecule has 124 valence electrons. The van der Waals surface area contributed by atoms with Crippen LogP contribution in [0.2, 0.25) is 0 Å². The van der Waals surface area contributed by atoms with Crippen LogP contribution >= 0.6 is 7.41 Å². The van der Waals surface area contributed by atoms with E-state index in [0.29, 0.717) is 0 Å². The van der Waals surface area contributed by atoms with E-state index in [1.807, 2.05) is 6.07 Å². The molecule has 0 fully saturated rings. The third-order valence-corrected chi connectivity index (χ3v) is 8.96. The number of para-hydroxylation sites is 1. The number of hydrogen-bond acceptors (Lipinski definition) is 2. The van der Waals surface area contributed by atoms with Crippen LogP contribution in [-0.2, 0) is 4.84 Å². The molecule has 3 aromatic rings. The Bertz CT molecular complexity index is 852. The van der Waals surface area contributed by atoms with E-state index < -0.39 is 7.41 Å². The standard InChI is InChI=1S/C22H21NOP/c1-18-19(2)25(21-14-8-4-9-15-21,22-16-10-5-11-17-22)23(24-18)20-12-6-3-7-13-20/h3-17H,1-2H3/q+1. The predicted molar refractivity (Wildman–Crippen MR) is 107 cm³/mol.